The van der Waals surface area contributed by atoms with E-state index in [1.807, 2.05) is 18.2 Å². The van der Waals surface area contributed by atoms with Crippen LogP contribution in [0, 0.1) is 0 Å². The first-order chi connectivity index (χ1) is 12.2. The van der Waals surface area contributed by atoms with Crippen molar-refractivity contribution in [3.8, 4) is 11.5 Å². The minimum absolute atomic E-state index is 0.0242. The summed E-state index contributed by atoms with van der Waals surface area (Å²) in [4.78, 5) is 22.9. The van der Waals surface area contributed by atoms with Crippen LogP contribution in [0.5, 0.6) is 11.5 Å². The first-order valence-corrected chi connectivity index (χ1v) is 8.56. The number of carbonyl (C=O) groups excluding carboxylic acids is 2. The number of aromatic nitrogens is 2. The normalized spacial score (nSPS) is 15.5. The smallest absolute Gasteiger partial charge is 0.321 e. The molecule has 2 aromatic rings. The highest BCUT2D eigenvalue weighted by Gasteiger charge is 2.27. The monoisotopic (exact) mass is 364 g/mol. The number of nitrogens with zero attached hydrogens (tertiary/aromatic N) is 2. The lowest BCUT2D eigenvalue weighted by atomic mass is 10.2. The second kappa shape index (κ2) is 7.88. The standard InChI is InChI=1S/C15H16N4O5S/c1-2-16-14(21)17-12(20)8-25-15-19-18-13(24-15)11-7-22-9-5-3-4-6-10(9)23-11/h3-6,11H,2,7-8H2,1H3,(H2,16,17,20,21)/t11-/m1/s1. The summed E-state index contributed by atoms with van der Waals surface area (Å²) in [7, 11) is 0. The lowest BCUT2D eigenvalue weighted by Gasteiger charge is -2.23. The molecule has 1 aromatic carbocycles. The van der Waals surface area contributed by atoms with Gasteiger partial charge < -0.3 is 19.2 Å². The van der Waals surface area contributed by atoms with Gasteiger partial charge in [0.1, 0.15) is 6.61 Å². The number of para-hydroxylation sites is 2. The SMILES string of the molecule is CCNC(=O)NC(=O)CSc1nnc([C@H]2COc3ccccc3O2)o1. The van der Waals surface area contributed by atoms with Crippen LogP contribution in [0.25, 0.3) is 0 Å². The third kappa shape index (κ3) is 4.41. The van der Waals surface area contributed by atoms with Crippen LogP contribution in [-0.2, 0) is 4.79 Å². The van der Waals surface area contributed by atoms with Crippen LogP contribution < -0.4 is 20.1 Å². The summed E-state index contributed by atoms with van der Waals surface area (Å²) in [6.07, 6.45) is -0.513. The minimum atomic E-state index is -0.536. The van der Waals surface area contributed by atoms with Crippen LogP contribution >= 0.6 is 11.8 Å². The number of urea groups is 1. The summed E-state index contributed by atoms with van der Waals surface area (Å²) in [6, 6.07) is 6.77. The molecule has 0 radical (unpaired) electrons. The third-order valence-electron chi connectivity index (χ3n) is 3.12. The number of fused-ring (bicyclic) bond motifs is 1. The topological polar surface area (TPSA) is 116 Å². The average Bonchev–Trinajstić information content (AvgIpc) is 3.09. The number of hydrogen-bond acceptors (Lipinski definition) is 8. The van der Waals surface area contributed by atoms with Crippen LogP contribution in [0.2, 0.25) is 0 Å². The number of hydrogen-bond donors (Lipinski definition) is 2. The average molecular weight is 364 g/mol. The lowest BCUT2D eigenvalue weighted by molar-refractivity contribution is -0.117. The fourth-order valence-corrected chi connectivity index (χ4v) is 2.61. The van der Waals surface area contributed by atoms with Gasteiger partial charge in [-0.3, -0.25) is 10.1 Å². The highest BCUT2D eigenvalue weighted by Crippen LogP contribution is 2.35. The summed E-state index contributed by atoms with van der Waals surface area (Å²) in [5.41, 5.74) is 0. The van der Waals surface area contributed by atoms with Gasteiger partial charge in [-0.05, 0) is 19.1 Å². The van der Waals surface area contributed by atoms with Crippen molar-refractivity contribution < 1.29 is 23.5 Å². The Morgan fingerprint density at radius 1 is 1.28 bits per heavy atom. The molecule has 132 valence electrons. The van der Waals surface area contributed by atoms with Crippen LogP contribution in [0.15, 0.2) is 33.9 Å². The molecule has 1 aromatic heterocycles. The molecule has 3 amide bonds. The van der Waals surface area contributed by atoms with E-state index >= 15 is 0 Å². The first-order valence-electron chi connectivity index (χ1n) is 7.58. The van der Waals surface area contributed by atoms with Gasteiger partial charge in [-0.25, -0.2) is 4.79 Å². The van der Waals surface area contributed by atoms with E-state index in [4.69, 9.17) is 13.9 Å². The van der Waals surface area contributed by atoms with Crippen molar-refractivity contribution in [2.75, 3.05) is 18.9 Å². The van der Waals surface area contributed by atoms with Gasteiger partial charge in [0.2, 0.25) is 12.0 Å². The lowest BCUT2D eigenvalue weighted by Crippen LogP contribution is -2.40. The third-order valence-corrected chi connectivity index (χ3v) is 3.94. The van der Waals surface area contributed by atoms with Crippen molar-refractivity contribution >= 4 is 23.7 Å². The highest BCUT2D eigenvalue weighted by atomic mass is 32.2. The van der Waals surface area contributed by atoms with Gasteiger partial charge in [0, 0.05) is 6.54 Å². The van der Waals surface area contributed by atoms with Crippen molar-refractivity contribution in [2.45, 2.75) is 18.3 Å². The van der Waals surface area contributed by atoms with Gasteiger partial charge in [0.15, 0.2) is 11.5 Å². The molecule has 2 heterocycles. The van der Waals surface area contributed by atoms with E-state index in [9.17, 15) is 9.59 Å². The Hall–Kier alpha value is -2.75. The van der Waals surface area contributed by atoms with Gasteiger partial charge in [0.25, 0.3) is 11.1 Å². The zero-order valence-electron chi connectivity index (χ0n) is 13.4. The minimum Gasteiger partial charge on any atom is -0.485 e. The second-order valence-electron chi connectivity index (χ2n) is 4.97. The van der Waals surface area contributed by atoms with Gasteiger partial charge in [0.05, 0.1) is 5.75 Å². The van der Waals surface area contributed by atoms with E-state index in [0.29, 0.717) is 18.0 Å². The van der Waals surface area contributed by atoms with E-state index in [0.717, 1.165) is 11.8 Å². The molecule has 0 bridgehead atoms. The Labute approximate surface area is 147 Å². The van der Waals surface area contributed by atoms with Gasteiger partial charge in [-0.15, -0.1) is 10.2 Å². The molecule has 3 rings (SSSR count). The second-order valence-corrected chi connectivity index (χ2v) is 5.89. The number of imide groups is 1. The van der Waals surface area contributed by atoms with Crippen LogP contribution in [0.4, 0.5) is 4.79 Å². The van der Waals surface area contributed by atoms with Gasteiger partial charge in [-0.1, -0.05) is 23.9 Å². The van der Waals surface area contributed by atoms with Gasteiger partial charge >= 0.3 is 6.03 Å². The van der Waals surface area contributed by atoms with Crippen molar-refractivity contribution in [3.05, 3.63) is 30.2 Å². The maximum absolute atomic E-state index is 11.6. The zero-order chi connectivity index (χ0) is 17.6. The molecule has 0 saturated carbocycles. The quantitative estimate of drug-likeness (QED) is 0.767. The van der Waals surface area contributed by atoms with Crippen LogP contribution in [-0.4, -0.2) is 41.0 Å². The van der Waals surface area contributed by atoms with Gasteiger partial charge in [-0.2, -0.15) is 0 Å². The van der Waals surface area contributed by atoms with E-state index in [1.165, 1.54) is 0 Å². The number of thioether (sulfide) groups is 1. The molecule has 0 saturated heterocycles. The number of nitrogens with one attached hydrogen (secondary N) is 2. The highest BCUT2D eigenvalue weighted by molar-refractivity contribution is 7.99. The predicted molar refractivity (Wildman–Crippen MR) is 87.5 cm³/mol. The fraction of sp³-hybridized carbons (Fsp3) is 0.333. The molecule has 0 unspecified atom stereocenters. The molecular formula is C15H16N4O5S. The summed E-state index contributed by atoms with van der Waals surface area (Å²) in [6.45, 7) is 2.45. The number of amides is 3. The van der Waals surface area contributed by atoms with Crippen molar-refractivity contribution in [2.24, 2.45) is 0 Å². The first kappa shape index (κ1) is 17.1. The summed E-state index contributed by atoms with van der Waals surface area (Å²) >= 11 is 1.03. The predicted octanol–water partition coefficient (Wildman–Crippen LogP) is 1.52. The molecule has 0 aliphatic carbocycles. The summed E-state index contributed by atoms with van der Waals surface area (Å²) < 4.78 is 16.9. The van der Waals surface area contributed by atoms with E-state index in [-0.39, 0.29) is 23.5 Å². The molecule has 9 nitrogen and oxygen atoms in total. The molecule has 2 N–H and O–H groups in total. The molecule has 25 heavy (non-hydrogen) atoms. The number of rotatable bonds is 5. The maximum atomic E-state index is 11.6. The fourth-order valence-electron chi connectivity index (χ4n) is 2.04. The molecule has 1 aliphatic heterocycles. The van der Waals surface area contributed by atoms with Crippen molar-refractivity contribution in [1.82, 2.24) is 20.8 Å². The van der Waals surface area contributed by atoms with Crippen LogP contribution in [0.3, 0.4) is 0 Å². The largest absolute Gasteiger partial charge is 0.485 e. The summed E-state index contributed by atoms with van der Waals surface area (Å²) in [5.74, 6) is 1.05. The zero-order valence-corrected chi connectivity index (χ0v) is 14.2. The van der Waals surface area contributed by atoms with E-state index in [1.54, 1.807) is 13.0 Å². The number of ether oxygens (including phenoxy) is 2. The maximum Gasteiger partial charge on any atom is 0.321 e. The van der Waals surface area contributed by atoms with Crippen molar-refractivity contribution in [3.63, 3.8) is 0 Å². The van der Waals surface area contributed by atoms with Crippen molar-refractivity contribution in [1.29, 1.82) is 0 Å². The van der Waals surface area contributed by atoms with E-state index < -0.39 is 18.0 Å². The van der Waals surface area contributed by atoms with Crippen LogP contribution in [0.1, 0.15) is 18.9 Å². The Morgan fingerprint density at radius 2 is 2.08 bits per heavy atom. The molecule has 0 spiro atoms. The number of benzene rings is 1. The van der Waals surface area contributed by atoms with E-state index in [2.05, 4.69) is 20.8 Å². The Kier molecular flexibility index (Phi) is 5.39. The Balaban J connectivity index is 1.53. The Bertz CT molecular complexity index is 766. The Morgan fingerprint density at radius 3 is 2.88 bits per heavy atom. The molecule has 10 heteroatoms. The molecule has 1 atom stereocenters. The molecular weight excluding hydrogens is 348 g/mol. The summed E-state index contributed by atoms with van der Waals surface area (Å²) in [5, 5.41) is 12.7. The molecule has 0 fully saturated rings. The number of carbonyl (C=O) groups is 2. The molecule has 1 aliphatic rings.